The summed E-state index contributed by atoms with van der Waals surface area (Å²) in [5, 5.41) is 4.88. The quantitative estimate of drug-likeness (QED) is 0.431. The number of rotatable bonds is 3. The molecule has 8 heteroatoms. The van der Waals surface area contributed by atoms with Gasteiger partial charge in [0.15, 0.2) is 5.82 Å². The van der Waals surface area contributed by atoms with Gasteiger partial charge in [0.2, 0.25) is 4.96 Å². The number of nitrogens with zero attached hydrogens (tertiary/aromatic N) is 3. The topological polar surface area (TPSA) is 60.4 Å². The van der Waals surface area contributed by atoms with Gasteiger partial charge in [0.05, 0.1) is 0 Å². The third kappa shape index (κ3) is 3.35. The average molecular weight is 424 g/mol. The van der Waals surface area contributed by atoms with Gasteiger partial charge in [0.25, 0.3) is 5.56 Å². The van der Waals surface area contributed by atoms with Gasteiger partial charge in [-0.05, 0) is 48.5 Å². The highest BCUT2D eigenvalue weighted by molar-refractivity contribution is 7.15. The van der Waals surface area contributed by atoms with Crippen molar-refractivity contribution in [3.63, 3.8) is 0 Å². The number of benzene rings is 2. The molecule has 0 atom stereocenters. The minimum atomic E-state index is -0.310. The molecule has 0 unspecified atom stereocenters. The van der Waals surface area contributed by atoms with Crippen molar-refractivity contribution < 1.29 is 8.81 Å². The SMILES string of the molecule is O=c1/c(=C\c2ccc(-c3ccc(F)cc3)o2)sc2nc(-c3cccc(Cl)c3)nn12. The van der Waals surface area contributed by atoms with Gasteiger partial charge in [-0.25, -0.2) is 4.39 Å². The van der Waals surface area contributed by atoms with Crippen LogP contribution < -0.4 is 10.1 Å². The molecule has 0 N–H and O–H groups in total. The van der Waals surface area contributed by atoms with E-state index in [1.807, 2.05) is 6.07 Å². The smallest absolute Gasteiger partial charge is 0.291 e. The molecule has 0 amide bonds. The summed E-state index contributed by atoms with van der Waals surface area (Å²) >= 11 is 7.24. The number of halogens is 2. The van der Waals surface area contributed by atoms with Gasteiger partial charge < -0.3 is 4.42 Å². The summed E-state index contributed by atoms with van der Waals surface area (Å²) in [6, 6.07) is 16.7. The van der Waals surface area contributed by atoms with Crippen LogP contribution in [0.1, 0.15) is 5.76 Å². The maximum Gasteiger partial charge on any atom is 0.291 e. The predicted molar refractivity (Wildman–Crippen MR) is 110 cm³/mol. The van der Waals surface area contributed by atoms with Crippen LogP contribution in [0.3, 0.4) is 0 Å². The van der Waals surface area contributed by atoms with Crippen LogP contribution >= 0.6 is 22.9 Å². The van der Waals surface area contributed by atoms with E-state index >= 15 is 0 Å². The van der Waals surface area contributed by atoms with Crippen LogP contribution in [0.4, 0.5) is 4.39 Å². The number of furan rings is 1. The fraction of sp³-hybridized carbons (Fsp3) is 0. The number of hydrogen-bond acceptors (Lipinski definition) is 5. The highest BCUT2D eigenvalue weighted by Crippen LogP contribution is 2.23. The van der Waals surface area contributed by atoms with E-state index in [0.717, 1.165) is 11.1 Å². The molecule has 0 saturated heterocycles. The van der Waals surface area contributed by atoms with Gasteiger partial charge in [-0.15, -0.1) is 5.10 Å². The molecular weight excluding hydrogens is 413 g/mol. The highest BCUT2D eigenvalue weighted by atomic mass is 35.5. The Morgan fingerprint density at radius 2 is 1.90 bits per heavy atom. The summed E-state index contributed by atoms with van der Waals surface area (Å²) in [5.41, 5.74) is 1.22. The summed E-state index contributed by atoms with van der Waals surface area (Å²) in [7, 11) is 0. The summed E-state index contributed by atoms with van der Waals surface area (Å²) < 4.78 is 20.6. The van der Waals surface area contributed by atoms with Gasteiger partial charge in [-0.2, -0.15) is 9.50 Å². The van der Waals surface area contributed by atoms with Crippen LogP contribution in [-0.4, -0.2) is 14.6 Å². The van der Waals surface area contributed by atoms with Crippen molar-refractivity contribution in [3.05, 3.63) is 92.1 Å². The zero-order valence-electron chi connectivity index (χ0n) is 14.7. The summed E-state index contributed by atoms with van der Waals surface area (Å²) in [5.74, 6) is 1.24. The Kier molecular flexibility index (Phi) is 4.26. The van der Waals surface area contributed by atoms with Crippen LogP contribution in [0.2, 0.25) is 5.02 Å². The van der Waals surface area contributed by atoms with Gasteiger partial charge in [0.1, 0.15) is 21.9 Å². The second kappa shape index (κ2) is 6.95. The lowest BCUT2D eigenvalue weighted by Crippen LogP contribution is -2.23. The molecule has 0 spiro atoms. The van der Waals surface area contributed by atoms with Crippen molar-refractivity contribution in [1.29, 1.82) is 0 Å². The van der Waals surface area contributed by atoms with Gasteiger partial charge in [0, 0.05) is 22.2 Å². The molecule has 5 rings (SSSR count). The molecule has 0 bridgehead atoms. The minimum absolute atomic E-state index is 0.273. The van der Waals surface area contributed by atoms with Crippen LogP contribution in [-0.2, 0) is 0 Å². The van der Waals surface area contributed by atoms with E-state index in [1.165, 1.54) is 28.0 Å². The molecule has 2 aromatic carbocycles. The van der Waals surface area contributed by atoms with Crippen molar-refractivity contribution in [2.45, 2.75) is 0 Å². The normalized spacial score (nSPS) is 12.1. The molecule has 0 aliphatic rings. The number of fused-ring (bicyclic) bond motifs is 1. The first-order valence-electron chi connectivity index (χ1n) is 8.60. The van der Waals surface area contributed by atoms with Crippen molar-refractivity contribution >= 4 is 34.0 Å². The van der Waals surface area contributed by atoms with Crippen molar-refractivity contribution in [2.75, 3.05) is 0 Å². The first-order chi connectivity index (χ1) is 14.1. The monoisotopic (exact) mass is 423 g/mol. The Labute approximate surface area is 172 Å². The van der Waals surface area contributed by atoms with Gasteiger partial charge in [-0.1, -0.05) is 35.1 Å². The van der Waals surface area contributed by atoms with Crippen molar-refractivity contribution in [3.8, 4) is 22.7 Å². The Balaban J connectivity index is 1.52. The molecule has 5 aromatic rings. The lowest BCUT2D eigenvalue weighted by molar-refractivity contribution is 0.571. The van der Waals surface area contributed by atoms with E-state index in [2.05, 4.69) is 10.1 Å². The summed E-state index contributed by atoms with van der Waals surface area (Å²) in [6.45, 7) is 0. The molecule has 0 aliphatic carbocycles. The van der Waals surface area contributed by atoms with E-state index in [-0.39, 0.29) is 11.4 Å². The molecule has 5 nitrogen and oxygen atoms in total. The third-order valence-electron chi connectivity index (χ3n) is 4.29. The Bertz CT molecular complexity index is 1450. The maximum absolute atomic E-state index is 13.1. The second-order valence-corrected chi connectivity index (χ2v) is 7.71. The molecule has 3 heterocycles. The van der Waals surface area contributed by atoms with E-state index in [9.17, 15) is 9.18 Å². The first-order valence-corrected chi connectivity index (χ1v) is 9.79. The van der Waals surface area contributed by atoms with Gasteiger partial charge >= 0.3 is 0 Å². The highest BCUT2D eigenvalue weighted by Gasteiger charge is 2.13. The van der Waals surface area contributed by atoms with Crippen molar-refractivity contribution in [1.82, 2.24) is 14.6 Å². The number of thiazole rings is 1. The fourth-order valence-corrected chi connectivity index (χ4v) is 3.99. The zero-order valence-corrected chi connectivity index (χ0v) is 16.2. The molecule has 0 radical (unpaired) electrons. The molecule has 0 saturated carbocycles. The standard InChI is InChI=1S/C21H11ClFN3O2S/c22-14-3-1-2-13(10-14)19-24-21-26(25-19)20(27)18(29-21)11-16-8-9-17(28-16)12-4-6-15(23)7-5-12/h1-11H/b18-11+. The third-order valence-corrected chi connectivity index (χ3v) is 5.49. The second-order valence-electron chi connectivity index (χ2n) is 6.26. The molecule has 142 valence electrons. The van der Waals surface area contributed by atoms with Crippen LogP contribution in [0.25, 0.3) is 33.7 Å². The Morgan fingerprint density at radius 3 is 2.66 bits per heavy atom. The van der Waals surface area contributed by atoms with Crippen LogP contribution in [0, 0.1) is 5.82 Å². The number of aromatic nitrogens is 3. The number of hydrogen-bond donors (Lipinski definition) is 0. The summed E-state index contributed by atoms with van der Waals surface area (Å²) in [6.07, 6.45) is 1.65. The van der Waals surface area contributed by atoms with Crippen LogP contribution in [0.15, 0.2) is 69.9 Å². The molecule has 0 fully saturated rings. The van der Waals surface area contributed by atoms with E-state index in [0.29, 0.717) is 31.9 Å². The molecule has 0 aliphatic heterocycles. The van der Waals surface area contributed by atoms with Crippen molar-refractivity contribution in [2.24, 2.45) is 0 Å². The Morgan fingerprint density at radius 1 is 1.07 bits per heavy atom. The van der Waals surface area contributed by atoms with Gasteiger partial charge in [-0.3, -0.25) is 4.79 Å². The summed E-state index contributed by atoms with van der Waals surface area (Å²) in [4.78, 5) is 17.6. The minimum Gasteiger partial charge on any atom is -0.457 e. The lowest BCUT2D eigenvalue weighted by Gasteiger charge is -1.95. The fourth-order valence-electron chi connectivity index (χ4n) is 2.91. The molecule has 3 aromatic heterocycles. The average Bonchev–Trinajstić information content (AvgIpc) is 3.41. The largest absolute Gasteiger partial charge is 0.457 e. The van der Waals surface area contributed by atoms with E-state index < -0.39 is 0 Å². The first kappa shape index (κ1) is 17.8. The van der Waals surface area contributed by atoms with E-state index in [4.69, 9.17) is 16.0 Å². The van der Waals surface area contributed by atoms with E-state index in [1.54, 1.807) is 48.5 Å². The maximum atomic E-state index is 13.1. The Hall–Kier alpha value is -3.29. The predicted octanol–water partition coefficient (Wildman–Crippen LogP) is 4.42. The van der Waals surface area contributed by atoms with Crippen LogP contribution in [0.5, 0.6) is 0 Å². The molecular formula is C21H11ClFN3O2S. The zero-order chi connectivity index (χ0) is 20.0. The molecule has 29 heavy (non-hydrogen) atoms. The lowest BCUT2D eigenvalue weighted by atomic mass is 10.2.